The molecule has 0 spiro atoms. The number of hydrogen-bond acceptors (Lipinski definition) is 5. The fourth-order valence-electron chi connectivity index (χ4n) is 3.33. The first-order chi connectivity index (χ1) is 14.1. The maximum absolute atomic E-state index is 12.6. The van der Waals surface area contributed by atoms with Gasteiger partial charge >= 0.3 is 0 Å². The van der Waals surface area contributed by atoms with Crippen LogP contribution in [0.15, 0.2) is 53.5 Å². The van der Waals surface area contributed by atoms with Crippen LogP contribution in [0, 0.1) is 0 Å². The summed E-state index contributed by atoms with van der Waals surface area (Å²) in [6, 6.07) is 12.0. The minimum atomic E-state index is -0.761. The van der Waals surface area contributed by atoms with E-state index < -0.39 is 6.04 Å². The fraction of sp³-hybridized carbons (Fsp3) is 0.238. The smallest absolute Gasteiger partial charge is 0.278 e. The molecule has 1 amide bonds. The maximum atomic E-state index is 12.6. The average molecular weight is 391 g/mol. The molecule has 0 bridgehead atoms. The number of ether oxygens (including phenoxy) is 1. The van der Waals surface area contributed by atoms with Gasteiger partial charge in [-0.15, -0.1) is 5.10 Å². The van der Waals surface area contributed by atoms with Gasteiger partial charge in [0.1, 0.15) is 17.3 Å². The van der Waals surface area contributed by atoms with Crippen LogP contribution in [0.25, 0.3) is 21.8 Å². The Labute approximate surface area is 166 Å². The van der Waals surface area contributed by atoms with Crippen LogP contribution in [0.5, 0.6) is 5.75 Å². The number of carbonyl (C=O) groups is 1. The molecule has 0 saturated carbocycles. The molecule has 148 valence electrons. The molecule has 4 rings (SSSR count). The first-order valence-electron chi connectivity index (χ1n) is 9.34. The second-order valence-electron chi connectivity index (χ2n) is 6.80. The van der Waals surface area contributed by atoms with Gasteiger partial charge in [0.05, 0.1) is 12.5 Å². The van der Waals surface area contributed by atoms with Gasteiger partial charge in [0.2, 0.25) is 5.91 Å². The molecule has 0 fully saturated rings. The van der Waals surface area contributed by atoms with Gasteiger partial charge in [-0.1, -0.05) is 17.3 Å². The first kappa shape index (κ1) is 18.7. The zero-order valence-corrected chi connectivity index (χ0v) is 16.2. The van der Waals surface area contributed by atoms with Crippen molar-refractivity contribution < 1.29 is 9.53 Å². The number of H-pyrrole nitrogens is 1. The summed E-state index contributed by atoms with van der Waals surface area (Å²) in [5, 5.41) is 12.3. The molecule has 0 aliphatic carbocycles. The van der Waals surface area contributed by atoms with Crippen molar-refractivity contribution in [3.8, 4) is 5.75 Å². The molecule has 8 heteroatoms. The second-order valence-corrected chi connectivity index (χ2v) is 6.80. The Balaban J connectivity index is 1.45. The van der Waals surface area contributed by atoms with Crippen LogP contribution in [0.3, 0.4) is 0 Å². The molecule has 2 aromatic heterocycles. The minimum Gasteiger partial charge on any atom is -0.497 e. The number of nitrogens with zero attached hydrogens (tertiary/aromatic N) is 3. The van der Waals surface area contributed by atoms with Gasteiger partial charge < -0.3 is 15.0 Å². The Morgan fingerprint density at radius 1 is 1.24 bits per heavy atom. The lowest BCUT2D eigenvalue weighted by Crippen LogP contribution is -2.38. The summed E-state index contributed by atoms with van der Waals surface area (Å²) in [6.07, 6.45) is 2.57. The van der Waals surface area contributed by atoms with Crippen LogP contribution < -0.4 is 15.6 Å². The molecule has 0 aliphatic rings. The monoisotopic (exact) mass is 391 g/mol. The van der Waals surface area contributed by atoms with Gasteiger partial charge in [0.25, 0.3) is 5.56 Å². The van der Waals surface area contributed by atoms with E-state index in [1.165, 1.54) is 0 Å². The number of benzene rings is 2. The van der Waals surface area contributed by atoms with Gasteiger partial charge in [-0.2, -0.15) is 4.68 Å². The van der Waals surface area contributed by atoms with Crippen molar-refractivity contribution in [3.05, 3.63) is 64.6 Å². The van der Waals surface area contributed by atoms with E-state index >= 15 is 0 Å². The van der Waals surface area contributed by atoms with Crippen molar-refractivity contribution in [2.24, 2.45) is 0 Å². The van der Waals surface area contributed by atoms with E-state index in [1.54, 1.807) is 38.3 Å². The number of aromatic nitrogens is 4. The molecule has 2 N–H and O–H groups in total. The van der Waals surface area contributed by atoms with Crippen molar-refractivity contribution in [1.82, 2.24) is 25.3 Å². The number of methoxy groups -OCH3 is 1. The number of nitrogens with one attached hydrogen (secondary N) is 2. The van der Waals surface area contributed by atoms with Gasteiger partial charge in [-0.25, -0.2) is 0 Å². The summed E-state index contributed by atoms with van der Waals surface area (Å²) in [5.41, 5.74) is 2.27. The Kier molecular flexibility index (Phi) is 4.99. The molecule has 2 heterocycles. The predicted molar refractivity (Wildman–Crippen MR) is 110 cm³/mol. The Morgan fingerprint density at radius 3 is 2.90 bits per heavy atom. The SMILES string of the molecule is COc1ccc2[nH]cc(CCNC(=O)[C@@H](C)n3nnc4ccccc4c3=O)c2c1. The lowest BCUT2D eigenvalue weighted by molar-refractivity contribution is -0.124. The number of amides is 1. The molecule has 0 unspecified atom stereocenters. The second kappa shape index (κ2) is 7.75. The standard InChI is InChI=1S/C21H21N5O3/c1-13(26-21(28)16-5-3-4-6-19(16)24-25-26)20(27)22-10-9-14-12-23-18-8-7-15(29-2)11-17(14)18/h3-8,11-13,23H,9-10H2,1-2H3,(H,22,27)/t13-/m1/s1. The normalized spacial score (nSPS) is 12.2. The van der Waals surface area contributed by atoms with Crippen LogP contribution in [-0.2, 0) is 11.2 Å². The molecular weight excluding hydrogens is 370 g/mol. The zero-order valence-electron chi connectivity index (χ0n) is 16.2. The molecule has 0 aliphatic heterocycles. The number of fused-ring (bicyclic) bond motifs is 2. The third kappa shape index (κ3) is 3.56. The fourth-order valence-corrected chi connectivity index (χ4v) is 3.33. The summed E-state index contributed by atoms with van der Waals surface area (Å²) < 4.78 is 6.40. The van der Waals surface area contributed by atoms with Crippen LogP contribution in [0.2, 0.25) is 0 Å². The largest absolute Gasteiger partial charge is 0.497 e. The van der Waals surface area contributed by atoms with Crippen LogP contribution in [0.1, 0.15) is 18.5 Å². The van der Waals surface area contributed by atoms with E-state index in [2.05, 4.69) is 20.6 Å². The van der Waals surface area contributed by atoms with Gasteiger partial charge in [0.15, 0.2) is 0 Å². The summed E-state index contributed by atoms with van der Waals surface area (Å²) >= 11 is 0. The molecule has 4 aromatic rings. The highest BCUT2D eigenvalue weighted by atomic mass is 16.5. The Bertz CT molecular complexity index is 1240. The summed E-state index contributed by atoms with van der Waals surface area (Å²) in [4.78, 5) is 28.4. The minimum absolute atomic E-state index is 0.283. The van der Waals surface area contributed by atoms with E-state index in [0.29, 0.717) is 23.9 Å². The zero-order chi connectivity index (χ0) is 20.4. The lowest BCUT2D eigenvalue weighted by Gasteiger charge is -2.13. The van der Waals surface area contributed by atoms with E-state index in [1.807, 2.05) is 24.4 Å². The van der Waals surface area contributed by atoms with Gasteiger partial charge in [0, 0.05) is 23.6 Å². The Morgan fingerprint density at radius 2 is 2.07 bits per heavy atom. The molecule has 2 aromatic carbocycles. The van der Waals surface area contributed by atoms with Crippen LogP contribution in [0.4, 0.5) is 0 Å². The number of aromatic amines is 1. The molecule has 8 nitrogen and oxygen atoms in total. The third-order valence-electron chi connectivity index (χ3n) is 5.01. The van der Waals surface area contributed by atoms with Crippen molar-refractivity contribution in [1.29, 1.82) is 0 Å². The first-order valence-corrected chi connectivity index (χ1v) is 9.34. The van der Waals surface area contributed by atoms with Crippen molar-refractivity contribution in [2.45, 2.75) is 19.4 Å². The number of carbonyl (C=O) groups excluding carboxylic acids is 1. The van der Waals surface area contributed by atoms with E-state index in [0.717, 1.165) is 26.9 Å². The summed E-state index contributed by atoms with van der Waals surface area (Å²) in [7, 11) is 1.63. The van der Waals surface area contributed by atoms with Gasteiger partial charge in [-0.05, 0) is 49.2 Å². The molecule has 1 atom stereocenters. The van der Waals surface area contributed by atoms with Gasteiger partial charge in [-0.3, -0.25) is 9.59 Å². The average Bonchev–Trinajstić information content (AvgIpc) is 3.15. The van der Waals surface area contributed by atoms with E-state index in [4.69, 9.17) is 4.74 Å². The summed E-state index contributed by atoms with van der Waals surface area (Å²) in [5.74, 6) is 0.499. The predicted octanol–water partition coefficient (Wildman–Crippen LogP) is 2.20. The van der Waals surface area contributed by atoms with Crippen molar-refractivity contribution >= 4 is 27.7 Å². The van der Waals surface area contributed by atoms with Crippen LogP contribution >= 0.6 is 0 Å². The third-order valence-corrected chi connectivity index (χ3v) is 5.01. The summed E-state index contributed by atoms with van der Waals surface area (Å²) in [6.45, 7) is 2.07. The quantitative estimate of drug-likeness (QED) is 0.525. The molecule has 0 saturated heterocycles. The van der Waals surface area contributed by atoms with Crippen molar-refractivity contribution in [2.75, 3.05) is 13.7 Å². The van der Waals surface area contributed by atoms with E-state index in [-0.39, 0.29) is 11.5 Å². The maximum Gasteiger partial charge on any atom is 0.278 e. The topological polar surface area (TPSA) is 102 Å². The number of rotatable bonds is 6. The number of hydrogen-bond donors (Lipinski definition) is 2. The highest BCUT2D eigenvalue weighted by Crippen LogP contribution is 2.23. The van der Waals surface area contributed by atoms with Crippen LogP contribution in [-0.4, -0.2) is 39.5 Å². The van der Waals surface area contributed by atoms with Crippen molar-refractivity contribution in [3.63, 3.8) is 0 Å². The highest BCUT2D eigenvalue weighted by Gasteiger charge is 2.19. The lowest BCUT2D eigenvalue weighted by atomic mass is 10.1. The molecule has 29 heavy (non-hydrogen) atoms. The molecule has 0 radical (unpaired) electrons. The van der Waals surface area contributed by atoms with E-state index in [9.17, 15) is 9.59 Å². The molecular formula is C21H21N5O3. The Hall–Kier alpha value is -3.68. The highest BCUT2D eigenvalue weighted by molar-refractivity contribution is 5.85.